The van der Waals surface area contributed by atoms with Gasteiger partial charge in [-0.25, -0.2) is 4.79 Å². The van der Waals surface area contributed by atoms with Crippen molar-refractivity contribution in [2.45, 2.75) is 26.4 Å². The van der Waals surface area contributed by atoms with E-state index in [1.807, 2.05) is 45.0 Å². The van der Waals surface area contributed by atoms with Gasteiger partial charge in [-0.05, 0) is 44.5 Å². The predicted octanol–water partition coefficient (Wildman–Crippen LogP) is 3.39. The molecule has 0 atom stereocenters. The van der Waals surface area contributed by atoms with Crippen LogP contribution in [0.15, 0.2) is 42.5 Å². The van der Waals surface area contributed by atoms with Gasteiger partial charge < -0.3 is 20.9 Å². The molecule has 0 bridgehead atoms. The summed E-state index contributed by atoms with van der Waals surface area (Å²) in [6.45, 7) is 5.46. The van der Waals surface area contributed by atoms with Crippen LogP contribution in [0.25, 0.3) is 11.1 Å². The molecule has 0 unspecified atom stereocenters. The van der Waals surface area contributed by atoms with E-state index in [9.17, 15) is 9.59 Å². The quantitative estimate of drug-likeness (QED) is 0.569. The molecule has 6 heteroatoms. The molecule has 0 aliphatic heterocycles. The van der Waals surface area contributed by atoms with E-state index in [-0.39, 0.29) is 23.8 Å². The monoisotopic (exact) mass is 342 g/mol. The highest BCUT2D eigenvalue weighted by Gasteiger charge is 2.16. The maximum Gasteiger partial charge on any atom is 0.337 e. The van der Waals surface area contributed by atoms with Gasteiger partial charge in [-0.3, -0.25) is 4.79 Å². The van der Waals surface area contributed by atoms with Gasteiger partial charge in [0.05, 0.1) is 5.56 Å². The number of hydrogen-bond acceptors (Lipinski definition) is 5. The summed E-state index contributed by atoms with van der Waals surface area (Å²) >= 11 is 0. The van der Waals surface area contributed by atoms with Crippen LogP contribution < -0.4 is 11.1 Å². The summed E-state index contributed by atoms with van der Waals surface area (Å²) < 4.78 is 5.28. The summed E-state index contributed by atoms with van der Waals surface area (Å²) in [5.74, 6) is -1.43. The number of carboxylic acid groups (broad SMARTS) is 1. The third-order valence-corrected chi connectivity index (χ3v) is 3.36. The van der Waals surface area contributed by atoms with Crippen LogP contribution in [0.4, 0.5) is 11.4 Å². The van der Waals surface area contributed by atoms with Crippen molar-refractivity contribution in [2.24, 2.45) is 0 Å². The number of nitrogens with one attached hydrogen (secondary N) is 1. The molecule has 0 aromatic heterocycles. The number of carbonyl (C=O) groups excluding carboxylic acids is 1. The maximum absolute atomic E-state index is 11.9. The van der Waals surface area contributed by atoms with Crippen LogP contribution in [0.3, 0.4) is 0 Å². The van der Waals surface area contributed by atoms with Gasteiger partial charge in [0.2, 0.25) is 0 Å². The average molecular weight is 342 g/mol. The Kier molecular flexibility index (Phi) is 5.32. The Morgan fingerprint density at radius 3 is 2.44 bits per heavy atom. The van der Waals surface area contributed by atoms with Crippen molar-refractivity contribution in [2.75, 3.05) is 17.6 Å². The fraction of sp³-hybridized carbons (Fsp3) is 0.263. The second-order valence-corrected chi connectivity index (χ2v) is 6.59. The van der Waals surface area contributed by atoms with E-state index in [2.05, 4.69) is 5.32 Å². The van der Waals surface area contributed by atoms with Gasteiger partial charge in [-0.15, -0.1) is 0 Å². The van der Waals surface area contributed by atoms with Crippen LogP contribution in [0.1, 0.15) is 31.1 Å². The molecule has 0 saturated heterocycles. The molecule has 0 heterocycles. The van der Waals surface area contributed by atoms with Gasteiger partial charge in [0.15, 0.2) is 0 Å². The summed E-state index contributed by atoms with van der Waals surface area (Å²) in [5, 5.41) is 12.1. The van der Waals surface area contributed by atoms with Crippen LogP contribution in [0.2, 0.25) is 0 Å². The Morgan fingerprint density at radius 1 is 1.16 bits per heavy atom. The summed E-state index contributed by atoms with van der Waals surface area (Å²) in [6.07, 6.45) is 0. The minimum Gasteiger partial charge on any atom is -0.478 e. The van der Waals surface area contributed by atoms with Crippen LogP contribution in [-0.2, 0) is 9.53 Å². The Morgan fingerprint density at radius 2 is 1.84 bits per heavy atom. The summed E-state index contributed by atoms with van der Waals surface area (Å²) in [6, 6.07) is 12.2. The van der Waals surface area contributed by atoms with Gasteiger partial charge in [-0.2, -0.15) is 0 Å². The van der Waals surface area contributed by atoms with Crippen molar-refractivity contribution in [3.05, 3.63) is 48.0 Å². The highest BCUT2D eigenvalue weighted by Crippen LogP contribution is 2.30. The van der Waals surface area contributed by atoms with Crippen LogP contribution >= 0.6 is 0 Å². The first-order valence-electron chi connectivity index (χ1n) is 7.85. The molecule has 2 aromatic carbocycles. The number of carbonyl (C=O) groups is 2. The Balaban J connectivity index is 2.22. The van der Waals surface area contributed by atoms with Crippen molar-refractivity contribution < 1.29 is 19.4 Å². The molecule has 0 saturated carbocycles. The average Bonchev–Trinajstić information content (AvgIpc) is 2.51. The zero-order valence-corrected chi connectivity index (χ0v) is 14.5. The van der Waals surface area contributed by atoms with Crippen LogP contribution in [0, 0.1) is 0 Å². The molecule has 25 heavy (non-hydrogen) atoms. The van der Waals surface area contributed by atoms with E-state index in [0.29, 0.717) is 0 Å². The normalized spacial score (nSPS) is 11.0. The number of hydrogen-bond donors (Lipinski definition) is 3. The molecule has 0 radical (unpaired) electrons. The topological polar surface area (TPSA) is 102 Å². The Bertz CT molecular complexity index is 794. The molecule has 0 aliphatic carbocycles. The molecule has 0 fully saturated rings. The van der Waals surface area contributed by atoms with Gasteiger partial charge in [0.25, 0.3) is 0 Å². The largest absolute Gasteiger partial charge is 0.478 e. The number of rotatable bonds is 5. The standard InChI is InChI=1S/C19H22N2O4/c1-19(2,3)25-17(22)11-21-16-7-5-4-6-13(16)12-8-9-14(18(23)24)15(20)10-12/h4-10,21H,11,20H2,1-3H3,(H,23,24). The highest BCUT2D eigenvalue weighted by atomic mass is 16.6. The number of benzene rings is 2. The molecule has 132 valence electrons. The lowest BCUT2D eigenvalue weighted by Gasteiger charge is -2.20. The number of esters is 1. The number of ether oxygens (including phenoxy) is 1. The van der Waals surface area contributed by atoms with E-state index >= 15 is 0 Å². The molecule has 0 amide bonds. The first-order valence-corrected chi connectivity index (χ1v) is 7.85. The van der Waals surface area contributed by atoms with Crippen LogP contribution in [0.5, 0.6) is 0 Å². The third kappa shape index (κ3) is 4.97. The molecule has 0 aliphatic rings. The number of anilines is 2. The zero-order valence-electron chi connectivity index (χ0n) is 14.5. The molecule has 2 aromatic rings. The molecule has 6 nitrogen and oxygen atoms in total. The first-order chi connectivity index (χ1) is 11.7. The number of carboxylic acids is 1. The minimum atomic E-state index is -1.07. The van der Waals surface area contributed by atoms with E-state index < -0.39 is 11.6 Å². The van der Waals surface area contributed by atoms with Crippen molar-refractivity contribution in [3.63, 3.8) is 0 Å². The van der Waals surface area contributed by atoms with E-state index in [1.54, 1.807) is 12.1 Å². The van der Waals surface area contributed by atoms with E-state index in [0.717, 1.165) is 16.8 Å². The van der Waals surface area contributed by atoms with Crippen molar-refractivity contribution in [3.8, 4) is 11.1 Å². The smallest absolute Gasteiger partial charge is 0.337 e. The summed E-state index contributed by atoms with van der Waals surface area (Å²) in [5.41, 5.74) is 7.83. The van der Waals surface area contributed by atoms with Gasteiger partial charge in [0, 0.05) is 16.9 Å². The summed E-state index contributed by atoms with van der Waals surface area (Å²) in [4.78, 5) is 23.0. The zero-order chi connectivity index (χ0) is 18.6. The van der Waals surface area contributed by atoms with Crippen LogP contribution in [-0.4, -0.2) is 29.2 Å². The van der Waals surface area contributed by atoms with Crippen molar-refractivity contribution >= 4 is 23.3 Å². The second kappa shape index (κ2) is 7.25. The summed E-state index contributed by atoms with van der Waals surface area (Å²) in [7, 11) is 0. The number of aromatic carboxylic acids is 1. The van der Waals surface area contributed by atoms with Crippen molar-refractivity contribution in [1.82, 2.24) is 0 Å². The highest BCUT2D eigenvalue weighted by molar-refractivity contribution is 5.95. The molecule has 2 rings (SSSR count). The molecule has 4 N–H and O–H groups in total. The second-order valence-electron chi connectivity index (χ2n) is 6.59. The third-order valence-electron chi connectivity index (χ3n) is 3.36. The number of nitrogens with two attached hydrogens (primary N) is 1. The Labute approximate surface area is 146 Å². The van der Waals surface area contributed by atoms with E-state index in [4.69, 9.17) is 15.6 Å². The SMILES string of the molecule is CC(C)(C)OC(=O)CNc1ccccc1-c1ccc(C(=O)O)c(N)c1. The number of nitrogen functional groups attached to an aromatic ring is 1. The minimum absolute atomic E-state index is 0.0248. The predicted molar refractivity (Wildman–Crippen MR) is 97.6 cm³/mol. The lowest BCUT2D eigenvalue weighted by molar-refractivity contribution is -0.152. The molecular weight excluding hydrogens is 320 g/mol. The van der Waals surface area contributed by atoms with Gasteiger partial charge in [0.1, 0.15) is 12.1 Å². The lowest BCUT2D eigenvalue weighted by atomic mass is 10.0. The van der Waals surface area contributed by atoms with Crippen molar-refractivity contribution in [1.29, 1.82) is 0 Å². The Hall–Kier alpha value is -3.02. The maximum atomic E-state index is 11.9. The fourth-order valence-electron chi connectivity index (χ4n) is 2.36. The number of para-hydroxylation sites is 1. The lowest BCUT2D eigenvalue weighted by Crippen LogP contribution is -2.28. The first kappa shape index (κ1) is 18.3. The van der Waals surface area contributed by atoms with Gasteiger partial charge in [-0.1, -0.05) is 24.3 Å². The van der Waals surface area contributed by atoms with E-state index in [1.165, 1.54) is 6.07 Å². The fourth-order valence-corrected chi connectivity index (χ4v) is 2.36. The van der Waals surface area contributed by atoms with Gasteiger partial charge >= 0.3 is 11.9 Å². The molecule has 0 spiro atoms. The molecular formula is C19H22N2O4.